The minimum Gasteiger partial charge on any atom is -0.328 e. The van der Waals surface area contributed by atoms with E-state index >= 15 is 0 Å². The van der Waals surface area contributed by atoms with Crippen molar-refractivity contribution in [2.45, 2.75) is 75.9 Å². The van der Waals surface area contributed by atoms with Crippen LogP contribution >= 0.6 is 11.6 Å². The molecule has 1 aliphatic heterocycles. The van der Waals surface area contributed by atoms with Crippen LogP contribution in [0.1, 0.15) is 62.5 Å². The molecule has 4 rings (SSSR count). The van der Waals surface area contributed by atoms with Crippen LogP contribution in [0.2, 0.25) is 0 Å². The van der Waals surface area contributed by atoms with Gasteiger partial charge in [-0.3, -0.25) is 0 Å². The molecule has 1 aromatic rings. The molecule has 0 spiro atoms. The van der Waals surface area contributed by atoms with E-state index in [9.17, 15) is 4.39 Å². The van der Waals surface area contributed by atoms with Gasteiger partial charge in [0.1, 0.15) is 12.0 Å². The van der Waals surface area contributed by atoms with E-state index in [2.05, 4.69) is 22.6 Å². The fourth-order valence-electron chi connectivity index (χ4n) is 5.14. The summed E-state index contributed by atoms with van der Waals surface area (Å²) < 4.78 is 17.1. The monoisotopic (exact) mass is 336 g/mol. The summed E-state index contributed by atoms with van der Waals surface area (Å²) in [5, 5.41) is 0.228. The summed E-state index contributed by atoms with van der Waals surface area (Å²) in [6.45, 7) is 2.09. The summed E-state index contributed by atoms with van der Waals surface area (Å²) in [6, 6.07) is 0.422. The lowest BCUT2D eigenvalue weighted by atomic mass is 9.71. The van der Waals surface area contributed by atoms with Gasteiger partial charge in [-0.1, -0.05) is 24.5 Å². The Kier molecular flexibility index (Phi) is 4.25. The van der Waals surface area contributed by atoms with Crippen molar-refractivity contribution in [3.05, 3.63) is 29.4 Å². The number of alkyl halides is 2. The van der Waals surface area contributed by atoms with Crippen LogP contribution in [0.25, 0.3) is 0 Å². The molecule has 2 fully saturated rings. The third kappa shape index (κ3) is 2.75. The van der Waals surface area contributed by atoms with Gasteiger partial charge in [-0.05, 0) is 39.0 Å². The second-order valence-electron chi connectivity index (χ2n) is 7.57. The standard InChI is InChI=1S/C19H26ClFN2/c1-12-22-11-14-7-8-15(16-4-2-3-5-18(16)21)17-10-13(20)6-9-19(17)23(12)14/h8,11,13,16-19H,2-7,9-10H2,1H3. The lowest BCUT2D eigenvalue weighted by Crippen LogP contribution is -2.34. The zero-order chi connectivity index (χ0) is 16.0. The Balaban J connectivity index is 1.73. The summed E-state index contributed by atoms with van der Waals surface area (Å²) in [6.07, 6.45) is 11.6. The Labute approximate surface area is 143 Å². The Morgan fingerprint density at radius 3 is 2.83 bits per heavy atom. The van der Waals surface area contributed by atoms with Gasteiger partial charge in [0.2, 0.25) is 0 Å². The molecule has 0 bridgehead atoms. The molecule has 2 nitrogen and oxygen atoms in total. The van der Waals surface area contributed by atoms with Gasteiger partial charge in [0.25, 0.3) is 0 Å². The first kappa shape index (κ1) is 15.7. The highest BCUT2D eigenvalue weighted by molar-refractivity contribution is 6.20. The van der Waals surface area contributed by atoms with Gasteiger partial charge >= 0.3 is 0 Å². The molecule has 2 aliphatic carbocycles. The number of imidazole rings is 1. The van der Waals surface area contributed by atoms with E-state index in [0.29, 0.717) is 12.0 Å². The largest absolute Gasteiger partial charge is 0.328 e. The maximum absolute atomic E-state index is 14.7. The van der Waals surface area contributed by atoms with E-state index in [1.54, 1.807) is 0 Å². The molecule has 0 radical (unpaired) electrons. The Morgan fingerprint density at radius 1 is 1.17 bits per heavy atom. The molecule has 0 saturated heterocycles. The number of hydrogen-bond acceptors (Lipinski definition) is 1. The Bertz CT molecular complexity index is 609. The van der Waals surface area contributed by atoms with Crippen molar-refractivity contribution in [1.29, 1.82) is 0 Å². The third-order valence-corrected chi connectivity index (χ3v) is 6.62. The number of allylic oxidation sites excluding steroid dienone is 2. The minimum absolute atomic E-state index is 0.121. The smallest absolute Gasteiger partial charge is 0.107 e. The van der Waals surface area contributed by atoms with Crippen molar-refractivity contribution in [3.63, 3.8) is 0 Å². The van der Waals surface area contributed by atoms with Crippen LogP contribution in [-0.2, 0) is 6.42 Å². The molecule has 23 heavy (non-hydrogen) atoms. The number of rotatable bonds is 1. The van der Waals surface area contributed by atoms with E-state index < -0.39 is 6.17 Å². The summed E-state index contributed by atoms with van der Waals surface area (Å²) >= 11 is 6.53. The lowest BCUT2D eigenvalue weighted by Gasteiger charge is -2.40. The fourth-order valence-corrected chi connectivity index (χ4v) is 5.45. The predicted octanol–water partition coefficient (Wildman–Crippen LogP) is 5.15. The number of aryl methyl sites for hydroxylation is 1. The Morgan fingerprint density at radius 2 is 2.00 bits per heavy atom. The zero-order valence-corrected chi connectivity index (χ0v) is 14.6. The van der Waals surface area contributed by atoms with Crippen LogP contribution in [0.3, 0.4) is 0 Å². The van der Waals surface area contributed by atoms with Gasteiger partial charge in [0, 0.05) is 41.6 Å². The maximum Gasteiger partial charge on any atom is 0.107 e. The maximum atomic E-state index is 14.7. The fraction of sp³-hybridized carbons (Fsp3) is 0.737. The van der Waals surface area contributed by atoms with E-state index in [1.165, 1.54) is 11.3 Å². The van der Waals surface area contributed by atoms with E-state index in [-0.39, 0.29) is 11.3 Å². The summed E-state index contributed by atoms with van der Waals surface area (Å²) in [7, 11) is 0. The van der Waals surface area contributed by atoms with E-state index in [4.69, 9.17) is 11.6 Å². The van der Waals surface area contributed by atoms with E-state index in [1.807, 2.05) is 6.20 Å². The SMILES string of the molecule is Cc1ncc2n1C1CCC(Cl)CC1C(C1CCCCC1F)=CC2. The van der Waals surface area contributed by atoms with Crippen LogP contribution in [0.5, 0.6) is 0 Å². The topological polar surface area (TPSA) is 17.8 Å². The van der Waals surface area contributed by atoms with Gasteiger partial charge in [-0.2, -0.15) is 0 Å². The lowest BCUT2D eigenvalue weighted by molar-refractivity contribution is 0.163. The van der Waals surface area contributed by atoms with Crippen molar-refractivity contribution in [2.75, 3.05) is 0 Å². The van der Waals surface area contributed by atoms with Crippen molar-refractivity contribution in [2.24, 2.45) is 11.8 Å². The predicted molar refractivity (Wildman–Crippen MR) is 91.6 cm³/mol. The average molecular weight is 337 g/mol. The molecule has 0 N–H and O–H groups in total. The highest BCUT2D eigenvalue weighted by atomic mass is 35.5. The van der Waals surface area contributed by atoms with Crippen LogP contribution in [0, 0.1) is 18.8 Å². The van der Waals surface area contributed by atoms with Crippen LogP contribution in [0.4, 0.5) is 4.39 Å². The van der Waals surface area contributed by atoms with Gasteiger partial charge in [-0.15, -0.1) is 11.6 Å². The van der Waals surface area contributed by atoms with Crippen molar-refractivity contribution >= 4 is 11.6 Å². The molecule has 2 heterocycles. The van der Waals surface area contributed by atoms with Gasteiger partial charge in [0.05, 0.1) is 0 Å². The summed E-state index contributed by atoms with van der Waals surface area (Å²) in [5.74, 6) is 1.61. The molecule has 2 saturated carbocycles. The minimum atomic E-state index is -0.664. The normalized spacial score (nSPS) is 37.5. The Hall–Kier alpha value is -0.830. The number of fused-ring (bicyclic) bond motifs is 3. The molecular formula is C19H26ClFN2. The second-order valence-corrected chi connectivity index (χ2v) is 8.18. The number of hydrogen-bond donors (Lipinski definition) is 0. The number of halogens is 2. The van der Waals surface area contributed by atoms with Crippen LogP contribution in [-0.4, -0.2) is 21.1 Å². The van der Waals surface area contributed by atoms with Crippen molar-refractivity contribution in [1.82, 2.24) is 9.55 Å². The van der Waals surface area contributed by atoms with Crippen LogP contribution < -0.4 is 0 Å². The molecule has 3 aliphatic rings. The highest BCUT2D eigenvalue weighted by Crippen LogP contribution is 2.48. The second kappa shape index (κ2) is 6.23. The van der Waals surface area contributed by atoms with Gasteiger partial charge in [0.15, 0.2) is 0 Å². The first-order valence-electron chi connectivity index (χ1n) is 9.16. The number of aromatic nitrogens is 2. The molecular weight excluding hydrogens is 311 g/mol. The van der Waals surface area contributed by atoms with Crippen molar-refractivity contribution < 1.29 is 4.39 Å². The molecule has 5 unspecified atom stereocenters. The quantitative estimate of drug-likeness (QED) is 0.512. The third-order valence-electron chi connectivity index (χ3n) is 6.22. The van der Waals surface area contributed by atoms with Crippen molar-refractivity contribution in [3.8, 4) is 0 Å². The van der Waals surface area contributed by atoms with Crippen LogP contribution in [0.15, 0.2) is 17.8 Å². The summed E-state index contributed by atoms with van der Waals surface area (Å²) in [4.78, 5) is 4.53. The number of nitrogens with zero attached hydrogens (tertiary/aromatic N) is 2. The average Bonchev–Trinajstić information content (AvgIpc) is 2.82. The molecule has 0 amide bonds. The van der Waals surface area contributed by atoms with Gasteiger partial charge in [-0.25, -0.2) is 9.37 Å². The van der Waals surface area contributed by atoms with Gasteiger partial charge < -0.3 is 4.57 Å². The highest BCUT2D eigenvalue weighted by Gasteiger charge is 2.40. The zero-order valence-electron chi connectivity index (χ0n) is 13.8. The summed E-state index contributed by atoms with van der Waals surface area (Å²) in [5.41, 5.74) is 2.65. The molecule has 4 heteroatoms. The first-order chi connectivity index (χ1) is 11.1. The molecule has 126 valence electrons. The molecule has 0 aromatic carbocycles. The van der Waals surface area contributed by atoms with E-state index in [0.717, 1.165) is 57.2 Å². The molecule has 1 aromatic heterocycles. The first-order valence-corrected chi connectivity index (χ1v) is 9.59. The molecule has 5 atom stereocenters.